The number of aromatic amines is 1. The second kappa shape index (κ2) is 8.38. The van der Waals surface area contributed by atoms with Crippen LogP contribution in [0.15, 0.2) is 16.0 Å². The zero-order valence-electron chi connectivity index (χ0n) is 11.7. The number of nitrogens with zero attached hydrogens (tertiary/aromatic N) is 3. The van der Waals surface area contributed by atoms with Gasteiger partial charge in [-0.1, -0.05) is 25.1 Å². The largest absolute Gasteiger partial charge is 0.344 e. The number of hydrogen-bond acceptors (Lipinski definition) is 5. The first-order chi connectivity index (χ1) is 9.56. The zero-order valence-corrected chi connectivity index (χ0v) is 12.5. The number of carbonyl (C=O) groups is 1. The summed E-state index contributed by atoms with van der Waals surface area (Å²) in [4.78, 5) is 31.7. The zero-order chi connectivity index (χ0) is 15.0. The average molecular weight is 294 g/mol. The lowest BCUT2D eigenvalue weighted by Gasteiger charge is -2.14. The fraction of sp³-hybridized carbons (Fsp3) is 0.538. The highest BCUT2D eigenvalue weighted by atomic mass is 32.2. The number of carbonyl (C=O) groups excluding carboxylic acids is 1. The van der Waals surface area contributed by atoms with Crippen molar-refractivity contribution in [2.45, 2.75) is 31.3 Å². The van der Waals surface area contributed by atoms with Crippen LogP contribution in [-0.4, -0.2) is 40.1 Å². The number of hydrogen-bond donors (Lipinski definition) is 1. The van der Waals surface area contributed by atoms with Crippen molar-refractivity contribution in [1.29, 1.82) is 5.26 Å². The molecule has 0 aliphatic rings. The molecule has 6 nitrogen and oxygen atoms in total. The maximum absolute atomic E-state index is 11.8. The number of H-pyrrole nitrogens is 1. The molecule has 0 aromatic carbocycles. The highest BCUT2D eigenvalue weighted by Gasteiger charge is 2.10. The number of amides is 1. The van der Waals surface area contributed by atoms with Crippen LogP contribution in [0, 0.1) is 11.3 Å². The molecule has 1 amide bonds. The van der Waals surface area contributed by atoms with E-state index in [9.17, 15) is 9.59 Å². The Morgan fingerprint density at radius 2 is 2.35 bits per heavy atom. The van der Waals surface area contributed by atoms with Crippen LogP contribution in [0.3, 0.4) is 0 Å². The van der Waals surface area contributed by atoms with E-state index in [1.807, 2.05) is 13.0 Å². The highest BCUT2D eigenvalue weighted by Crippen LogP contribution is 2.12. The summed E-state index contributed by atoms with van der Waals surface area (Å²) in [7, 11) is 1.66. The lowest BCUT2D eigenvalue weighted by atomic mass is 10.2. The van der Waals surface area contributed by atoms with Gasteiger partial charge in [-0.3, -0.25) is 9.59 Å². The van der Waals surface area contributed by atoms with Gasteiger partial charge in [0.15, 0.2) is 5.16 Å². The first-order valence-corrected chi connectivity index (χ1v) is 7.39. The Morgan fingerprint density at radius 3 is 3.00 bits per heavy atom. The van der Waals surface area contributed by atoms with Crippen LogP contribution in [0.1, 0.15) is 25.5 Å². The predicted molar refractivity (Wildman–Crippen MR) is 77.4 cm³/mol. The topological polar surface area (TPSA) is 89.9 Å². The molecule has 20 heavy (non-hydrogen) atoms. The van der Waals surface area contributed by atoms with Crippen molar-refractivity contribution in [3.63, 3.8) is 0 Å². The number of thioether (sulfide) groups is 1. The number of rotatable bonds is 7. The lowest BCUT2D eigenvalue weighted by molar-refractivity contribution is -0.127. The van der Waals surface area contributed by atoms with Crippen molar-refractivity contribution < 1.29 is 4.79 Å². The summed E-state index contributed by atoms with van der Waals surface area (Å²) in [5.74, 6) is 0.106. The van der Waals surface area contributed by atoms with Crippen LogP contribution < -0.4 is 5.56 Å². The third-order valence-electron chi connectivity index (χ3n) is 2.60. The lowest BCUT2D eigenvalue weighted by Crippen LogP contribution is -2.29. The standard InChI is InChI=1S/C13H18N4O2S/c1-3-5-10-8-11(18)16-13(15-10)20-9-12(19)17(2)7-4-6-14/h8H,3-5,7,9H2,1-2H3,(H,15,16,18). The molecule has 108 valence electrons. The predicted octanol–water partition coefficient (Wildman–Crippen LogP) is 1.19. The van der Waals surface area contributed by atoms with Crippen LogP contribution in [0.2, 0.25) is 0 Å². The van der Waals surface area contributed by atoms with Crippen LogP contribution in [0.25, 0.3) is 0 Å². The fourth-order valence-electron chi connectivity index (χ4n) is 1.52. The van der Waals surface area contributed by atoms with Gasteiger partial charge in [-0.25, -0.2) is 4.98 Å². The van der Waals surface area contributed by atoms with Crippen molar-refractivity contribution in [3.05, 3.63) is 22.1 Å². The van der Waals surface area contributed by atoms with E-state index in [0.717, 1.165) is 18.5 Å². The van der Waals surface area contributed by atoms with Gasteiger partial charge in [0.05, 0.1) is 18.2 Å². The van der Waals surface area contributed by atoms with Crippen molar-refractivity contribution >= 4 is 17.7 Å². The minimum absolute atomic E-state index is 0.0891. The molecule has 7 heteroatoms. The van der Waals surface area contributed by atoms with E-state index in [-0.39, 0.29) is 17.2 Å². The molecule has 0 radical (unpaired) electrons. The summed E-state index contributed by atoms with van der Waals surface area (Å²) < 4.78 is 0. The van der Waals surface area contributed by atoms with Crippen LogP contribution >= 0.6 is 11.8 Å². The molecule has 0 fully saturated rings. The highest BCUT2D eigenvalue weighted by molar-refractivity contribution is 7.99. The van der Waals surface area contributed by atoms with Gasteiger partial charge < -0.3 is 9.88 Å². The molecule has 0 unspecified atom stereocenters. The molecule has 1 heterocycles. The molecule has 0 spiro atoms. The van der Waals surface area contributed by atoms with E-state index in [1.54, 1.807) is 7.05 Å². The first kappa shape index (κ1) is 16.2. The maximum Gasteiger partial charge on any atom is 0.251 e. The summed E-state index contributed by atoms with van der Waals surface area (Å²) in [6.07, 6.45) is 1.97. The molecule has 1 aromatic rings. The van der Waals surface area contributed by atoms with E-state index in [2.05, 4.69) is 9.97 Å². The Morgan fingerprint density at radius 1 is 1.60 bits per heavy atom. The number of aryl methyl sites for hydroxylation is 1. The summed E-state index contributed by atoms with van der Waals surface area (Å²) in [5.41, 5.74) is 0.542. The summed E-state index contributed by atoms with van der Waals surface area (Å²) in [6.45, 7) is 2.43. The SMILES string of the molecule is CCCc1cc(=O)[nH]c(SCC(=O)N(C)CCC#N)n1. The molecular formula is C13H18N4O2S. The van der Waals surface area contributed by atoms with E-state index in [1.165, 1.54) is 22.7 Å². The van der Waals surface area contributed by atoms with Crippen LogP contribution in [0.5, 0.6) is 0 Å². The molecule has 0 bridgehead atoms. The Balaban J connectivity index is 2.59. The third kappa shape index (κ3) is 5.45. The van der Waals surface area contributed by atoms with Crippen molar-refractivity contribution in [2.75, 3.05) is 19.3 Å². The molecular weight excluding hydrogens is 276 g/mol. The van der Waals surface area contributed by atoms with E-state index >= 15 is 0 Å². The van der Waals surface area contributed by atoms with Gasteiger partial charge in [-0.05, 0) is 6.42 Å². The second-order valence-corrected chi connectivity index (χ2v) is 5.27. The smallest absolute Gasteiger partial charge is 0.251 e. The minimum Gasteiger partial charge on any atom is -0.344 e. The molecule has 1 aromatic heterocycles. The number of aromatic nitrogens is 2. The average Bonchev–Trinajstić information content (AvgIpc) is 2.42. The molecule has 0 saturated heterocycles. The van der Waals surface area contributed by atoms with Crippen molar-refractivity contribution in [3.8, 4) is 6.07 Å². The van der Waals surface area contributed by atoms with E-state index < -0.39 is 0 Å². The Kier molecular flexibility index (Phi) is 6.81. The van der Waals surface area contributed by atoms with Crippen LogP contribution in [0.4, 0.5) is 0 Å². The number of nitriles is 1. The van der Waals surface area contributed by atoms with Gasteiger partial charge >= 0.3 is 0 Å². The van der Waals surface area contributed by atoms with E-state index in [4.69, 9.17) is 5.26 Å². The minimum atomic E-state index is -0.198. The Labute approximate surface area is 122 Å². The quantitative estimate of drug-likeness (QED) is 0.602. The maximum atomic E-state index is 11.8. The van der Waals surface area contributed by atoms with E-state index in [0.29, 0.717) is 18.1 Å². The fourth-order valence-corrected chi connectivity index (χ4v) is 2.35. The van der Waals surface area contributed by atoms with Gasteiger partial charge in [0.2, 0.25) is 5.91 Å². The Bertz CT molecular complexity index is 550. The van der Waals surface area contributed by atoms with Crippen molar-refractivity contribution in [2.24, 2.45) is 0 Å². The monoisotopic (exact) mass is 294 g/mol. The molecule has 1 N–H and O–H groups in total. The van der Waals surface area contributed by atoms with Gasteiger partial charge in [-0.2, -0.15) is 5.26 Å². The molecule has 0 aliphatic heterocycles. The molecule has 0 saturated carbocycles. The summed E-state index contributed by atoms with van der Waals surface area (Å²) >= 11 is 1.20. The van der Waals surface area contributed by atoms with Gasteiger partial charge in [0.1, 0.15) is 0 Å². The van der Waals surface area contributed by atoms with Crippen molar-refractivity contribution in [1.82, 2.24) is 14.9 Å². The number of nitrogens with one attached hydrogen (secondary N) is 1. The van der Waals surface area contributed by atoms with Gasteiger partial charge in [-0.15, -0.1) is 0 Å². The normalized spacial score (nSPS) is 10.1. The molecule has 0 aliphatic carbocycles. The second-order valence-electron chi connectivity index (χ2n) is 4.30. The third-order valence-corrected chi connectivity index (χ3v) is 3.45. The van der Waals surface area contributed by atoms with Crippen LogP contribution in [-0.2, 0) is 11.2 Å². The summed E-state index contributed by atoms with van der Waals surface area (Å²) in [6, 6.07) is 3.48. The van der Waals surface area contributed by atoms with Gasteiger partial charge in [0, 0.05) is 25.4 Å². The first-order valence-electron chi connectivity index (χ1n) is 6.40. The molecule has 1 rings (SSSR count). The summed E-state index contributed by atoms with van der Waals surface area (Å²) in [5, 5.41) is 8.93. The Hall–Kier alpha value is -1.81. The molecule has 0 atom stereocenters. The van der Waals surface area contributed by atoms with Gasteiger partial charge in [0.25, 0.3) is 5.56 Å².